The quantitative estimate of drug-likeness (QED) is 0.579. The topological polar surface area (TPSA) is 30.2 Å². The van der Waals surface area contributed by atoms with E-state index in [0.29, 0.717) is 11.1 Å². The van der Waals surface area contributed by atoms with E-state index >= 15 is 0 Å². The smallest absolute Gasteiger partial charge is 0.202 e. The Balaban J connectivity index is 1.90. The van der Waals surface area contributed by atoms with Gasteiger partial charge in [-0.15, -0.1) is 0 Å². The van der Waals surface area contributed by atoms with E-state index in [0.717, 1.165) is 9.86 Å². The van der Waals surface area contributed by atoms with Crippen LogP contribution in [0.1, 0.15) is 16.1 Å². The van der Waals surface area contributed by atoms with Crippen LogP contribution in [0, 0.1) is 5.82 Å². The van der Waals surface area contributed by atoms with E-state index in [1.807, 2.05) is 18.2 Å². The molecule has 2 nitrogen and oxygen atoms in total. The molecule has 0 unspecified atom stereocenters. The zero-order chi connectivity index (χ0) is 15.0. The van der Waals surface area contributed by atoms with Gasteiger partial charge >= 0.3 is 0 Å². The predicted octanol–water partition coefficient (Wildman–Crippen LogP) is 5.41. The van der Waals surface area contributed by atoms with E-state index in [-0.39, 0.29) is 23.0 Å². The molecule has 1 aromatic heterocycles. The van der Waals surface area contributed by atoms with Crippen LogP contribution in [0.25, 0.3) is 11.0 Å². The van der Waals surface area contributed by atoms with Gasteiger partial charge < -0.3 is 4.42 Å². The fraction of sp³-hybridized carbons (Fsp3) is 0.0625. The Kier molecular flexibility index (Phi) is 3.83. The van der Waals surface area contributed by atoms with Crippen molar-refractivity contribution in [3.8, 4) is 0 Å². The highest BCUT2D eigenvalue weighted by Gasteiger charge is 2.15. The molecule has 5 heteroatoms. The SMILES string of the molecule is O=C(Cc1ccc(Cl)c(F)c1)c1cc2cccc(Br)c2o1. The standard InChI is InChI=1S/C16H9BrClFO2/c17-11-3-1-2-10-8-15(21-16(10)11)14(20)7-9-4-5-12(18)13(19)6-9/h1-6,8H,7H2. The Morgan fingerprint density at radius 3 is 2.76 bits per heavy atom. The minimum Gasteiger partial charge on any atom is -0.452 e. The molecule has 3 aromatic rings. The van der Waals surface area contributed by atoms with Crippen LogP contribution < -0.4 is 0 Å². The molecule has 0 aliphatic carbocycles. The highest BCUT2D eigenvalue weighted by Crippen LogP contribution is 2.27. The summed E-state index contributed by atoms with van der Waals surface area (Å²) in [6.07, 6.45) is 0.0610. The number of rotatable bonds is 3. The average Bonchev–Trinajstić information content (AvgIpc) is 2.89. The van der Waals surface area contributed by atoms with Crippen LogP contribution in [-0.4, -0.2) is 5.78 Å². The Bertz CT molecular complexity index is 841. The summed E-state index contributed by atoms with van der Waals surface area (Å²) in [5.41, 5.74) is 1.18. The third-order valence-electron chi connectivity index (χ3n) is 3.12. The molecule has 0 aliphatic heterocycles. The lowest BCUT2D eigenvalue weighted by atomic mass is 10.1. The van der Waals surface area contributed by atoms with Crippen molar-refractivity contribution in [2.75, 3.05) is 0 Å². The first-order valence-electron chi connectivity index (χ1n) is 6.20. The second-order valence-electron chi connectivity index (χ2n) is 4.62. The zero-order valence-electron chi connectivity index (χ0n) is 10.7. The molecule has 106 valence electrons. The average molecular weight is 368 g/mol. The normalized spacial score (nSPS) is 11.0. The summed E-state index contributed by atoms with van der Waals surface area (Å²) in [5.74, 6) is -0.485. The van der Waals surface area contributed by atoms with Crippen molar-refractivity contribution in [1.29, 1.82) is 0 Å². The van der Waals surface area contributed by atoms with Crippen molar-refractivity contribution in [2.24, 2.45) is 0 Å². The van der Waals surface area contributed by atoms with Gasteiger partial charge in [0.15, 0.2) is 5.76 Å². The van der Waals surface area contributed by atoms with Crippen molar-refractivity contribution in [1.82, 2.24) is 0 Å². The van der Waals surface area contributed by atoms with Crippen molar-refractivity contribution >= 4 is 44.3 Å². The Morgan fingerprint density at radius 1 is 1.24 bits per heavy atom. The third kappa shape index (κ3) is 2.87. The summed E-state index contributed by atoms with van der Waals surface area (Å²) < 4.78 is 19.7. The van der Waals surface area contributed by atoms with Crippen LogP contribution in [-0.2, 0) is 6.42 Å². The number of hydrogen-bond donors (Lipinski definition) is 0. The van der Waals surface area contributed by atoms with Crippen molar-refractivity contribution in [2.45, 2.75) is 6.42 Å². The monoisotopic (exact) mass is 366 g/mol. The third-order valence-corrected chi connectivity index (χ3v) is 4.05. The fourth-order valence-electron chi connectivity index (χ4n) is 2.09. The van der Waals surface area contributed by atoms with Crippen LogP contribution >= 0.6 is 27.5 Å². The highest BCUT2D eigenvalue weighted by atomic mass is 79.9. The Morgan fingerprint density at radius 2 is 2.05 bits per heavy atom. The molecule has 0 radical (unpaired) electrons. The summed E-state index contributed by atoms with van der Waals surface area (Å²) in [6, 6.07) is 11.6. The number of carbonyl (C=O) groups is 1. The van der Waals surface area contributed by atoms with Gasteiger partial charge in [-0.1, -0.05) is 29.8 Å². The summed E-state index contributed by atoms with van der Waals surface area (Å²) in [4.78, 5) is 12.2. The van der Waals surface area contributed by atoms with E-state index in [1.165, 1.54) is 12.1 Å². The summed E-state index contributed by atoms with van der Waals surface area (Å²) in [5, 5.41) is 0.883. The first-order chi connectivity index (χ1) is 10.0. The number of halogens is 3. The molecule has 21 heavy (non-hydrogen) atoms. The lowest BCUT2D eigenvalue weighted by Gasteiger charge is -2.00. The van der Waals surface area contributed by atoms with Gasteiger partial charge in [-0.3, -0.25) is 4.79 Å². The number of furan rings is 1. The van der Waals surface area contributed by atoms with E-state index in [1.54, 1.807) is 12.1 Å². The fourth-order valence-corrected chi connectivity index (χ4v) is 2.67. The maximum absolute atomic E-state index is 13.4. The van der Waals surface area contributed by atoms with Crippen molar-refractivity contribution < 1.29 is 13.6 Å². The minimum atomic E-state index is -0.533. The Hall–Kier alpha value is -1.65. The van der Waals surface area contributed by atoms with Crippen LogP contribution in [0.4, 0.5) is 4.39 Å². The number of para-hydroxylation sites is 1. The molecule has 0 fully saturated rings. The van der Waals surface area contributed by atoms with Gasteiger partial charge in [0.2, 0.25) is 5.78 Å². The highest BCUT2D eigenvalue weighted by molar-refractivity contribution is 9.10. The number of benzene rings is 2. The van der Waals surface area contributed by atoms with Gasteiger partial charge in [-0.05, 0) is 45.8 Å². The van der Waals surface area contributed by atoms with Gasteiger partial charge in [0.05, 0.1) is 9.50 Å². The second-order valence-corrected chi connectivity index (χ2v) is 5.88. The molecule has 0 aliphatic rings. The molecule has 1 heterocycles. The summed E-state index contributed by atoms with van der Waals surface area (Å²) >= 11 is 9.00. The minimum absolute atomic E-state index is 0.0406. The molecule has 3 rings (SSSR count). The number of Topliss-reactive ketones (excluding diaryl/α,β-unsaturated/α-hetero) is 1. The van der Waals surface area contributed by atoms with E-state index in [2.05, 4.69) is 15.9 Å². The van der Waals surface area contributed by atoms with Crippen molar-refractivity contribution in [3.63, 3.8) is 0 Å². The first-order valence-corrected chi connectivity index (χ1v) is 7.37. The summed E-state index contributed by atoms with van der Waals surface area (Å²) in [7, 11) is 0. The first kappa shape index (κ1) is 14.3. The molecule has 2 aromatic carbocycles. The van der Waals surface area contributed by atoms with Gasteiger partial charge in [0.1, 0.15) is 11.4 Å². The van der Waals surface area contributed by atoms with E-state index < -0.39 is 5.82 Å². The maximum Gasteiger partial charge on any atom is 0.202 e. The Labute approximate surface area is 133 Å². The van der Waals surface area contributed by atoms with Gasteiger partial charge in [-0.2, -0.15) is 0 Å². The molecular weight excluding hydrogens is 359 g/mol. The molecule has 0 saturated carbocycles. The van der Waals surface area contributed by atoms with E-state index in [9.17, 15) is 9.18 Å². The maximum atomic E-state index is 13.4. The lowest BCUT2D eigenvalue weighted by Crippen LogP contribution is -2.02. The molecule has 0 saturated heterocycles. The summed E-state index contributed by atoms with van der Waals surface area (Å²) in [6.45, 7) is 0. The number of ketones is 1. The van der Waals surface area contributed by atoms with Crippen LogP contribution in [0.3, 0.4) is 0 Å². The van der Waals surface area contributed by atoms with Gasteiger partial charge in [-0.25, -0.2) is 4.39 Å². The number of fused-ring (bicyclic) bond motifs is 1. The molecule has 0 spiro atoms. The van der Waals surface area contributed by atoms with Crippen LogP contribution in [0.15, 0.2) is 51.4 Å². The second kappa shape index (κ2) is 5.62. The van der Waals surface area contributed by atoms with Crippen LogP contribution in [0.5, 0.6) is 0 Å². The predicted molar refractivity (Wildman–Crippen MR) is 83.4 cm³/mol. The molecule has 0 atom stereocenters. The lowest BCUT2D eigenvalue weighted by molar-refractivity contribution is 0.0968. The largest absolute Gasteiger partial charge is 0.452 e. The number of hydrogen-bond acceptors (Lipinski definition) is 2. The molecule has 0 amide bonds. The van der Waals surface area contributed by atoms with E-state index in [4.69, 9.17) is 16.0 Å². The van der Waals surface area contributed by atoms with Crippen LogP contribution in [0.2, 0.25) is 5.02 Å². The molecular formula is C16H9BrClFO2. The van der Waals surface area contributed by atoms with Gasteiger partial charge in [0.25, 0.3) is 0 Å². The van der Waals surface area contributed by atoms with Crippen molar-refractivity contribution in [3.05, 3.63) is 69.1 Å². The van der Waals surface area contributed by atoms with Gasteiger partial charge in [0, 0.05) is 11.8 Å². The molecule has 0 bridgehead atoms. The number of carbonyl (C=O) groups excluding carboxylic acids is 1. The molecule has 0 N–H and O–H groups in total. The zero-order valence-corrected chi connectivity index (χ0v) is 13.0.